The van der Waals surface area contributed by atoms with E-state index in [0.29, 0.717) is 24.8 Å². The van der Waals surface area contributed by atoms with Crippen LogP contribution in [0.5, 0.6) is 5.75 Å². The molecule has 2 heterocycles. The fraction of sp³-hybridized carbons (Fsp3) is 0.222. The highest BCUT2D eigenvalue weighted by molar-refractivity contribution is 5.65. The number of aryl methyl sites for hydroxylation is 1. The number of hydrogen-bond acceptors (Lipinski definition) is 6. The van der Waals surface area contributed by atoms with Gasteiger partial charge in [-0.25, -0.2) is 0 Å². The minimum atomic E-state index is -0.605. The monoisotopic (exact) mass is 438 g/mol. The van der Waals surface area contributed by atoms with Gasteiger partial charge >= 0.3 is 0 Å². The summed E-state index contributed by atoms with van der Waals surface area (Å²) >= 11 is 0. The van der Waals surface area contributed by atoms with Gasteiger partial charge < -0.3 is 14.2 Å². The number of aliphatic imine (C=N–C) groups is 1. The maximum absolute atomic E-state index is 5.53. The lowest BCUT2D eigenvalue weighted by atomic mass is 9.75. The summed E-state index contributed by atoms with van der Waals surface area (Å²) in [4.78, 5) is 11.5. The third-order valence-electron chi connectivity index (χ3n) is 6.18. The molecular formula is C27H26N4O2. The first-order valence-corrected chi connectivity index (χ1v) is 11.0. The van der Waals surface area contributed by atoms with Gasteiger partial charge in [-0.2, -0.15) is 4.98 Å². The second kappa shape index (κ2) is 8.90. The molecule has 0 radical (unpaired) electrons. The number of rotatable bonds is 6. The molecule has 0 amide bonds. The van der Waals surface area contributed by atoms with Crippen LogP contribution in [0.2, 0.25) is 0 Å². The van der Waals surface area contributed by atoms with E-state index in [1.807, 2.05) is 37.5 Å². The van der Waals surface area contributed by atoms with E-state index in [1.54, 1.807) is 7.11 Å². The predicted octanol–water partition coefficient (Wildman–Crippen LogP) is 4.81. The summed E-state index contributed by atoms with van der Waals surface area (Å²) < 4.78 is 11.0. The highest BCUT2D eigenvalue weighted by Gasteiger charge is 2.43. The molecular weight excluding hydrogens is 412 g/mol. The Hall–Kier alpha value is -3.93. The molecule has 1 aliphatic heterocycles. The van der Waals surface area contributed by atoms with E-state index in [2.05, 4.69) is 75.7 Å². The van der Waals surface area contributed by atoms with Crippen molar-refractivity contribution < 1.29 is 9.26 Å². The third-order valence-corrected chi connectivity index (χ3v) is 6.18. The normalized spacial score (nSPS) is 16.1. The molecule has 0 aliphatic carbocycles. The summed E-state index contributed by atoms with van der Waals surface area (Å²) in [6, 6.07) is 29.4. The first-order valence-electron chi connectivity index (χ1n) is 11.0. The average Bonchev–Trinajstić information content (AvgIpc) is 3.33. The Labute approximate surface area is 193 Å². The molecule has 5 rings (SSSR count). The van der Waals surface area contributed by atoms with Crippen LogP contribution in [0, 0.1) is 6.92 Å². The van der Waals surface area contributed by atoms with Gasteiger partial charge in [-0.05, 0) is 35.7 Å². The van der Waals surface area contributed by atoms with Crippen molar-refractivity contribution in [2.24, 2.45) is 4.99 Å². The van der Waals surface area contributed by atoms with Crippen molar-refractivity contribution in [1.29, 1.82) is 0 Å². The minimum Gasteiger partial charge on any atom is -0.497 e. The van der Waals surface area contributed by atoms with Gasteiger partial charge in [-0.3, -0.25) is 4.99 Å². The molecule has 0 fully saturated rings. The quantitative estimate of drug-likeness (QED) is 0.405. The third kappa shape index (κ3) is 3.78. The van der Waals surface area contributed by atoms with Gasteiger partial charge in [0, 0.05) is 6.54 Å². The van der Waals surface area contributed by atoms with Crippen LogP contribution in [0.15, 0.2) is 94.4 Å². The van der Waals surface area contributed by atoms with Gasteiger partial charge in [-0.1, -0.05) is 78.0 Å². The van der Waals surface area contributed by atoms with Crippen molar-refractivity contribution in [2.45, 2.75) is 18.4 Å². The first-order chi connectivity index (χ1) is 16.2. The molecule has 6 nitrogen and oxygen atoms in total. The maximum atomic E-state index is 5.53. The zero-order valence-electron chi connectivity index (χ0n) is 18.8. The largest absolute Gasteiger partial charge is 0.497 e. The predicted molar refractivity (Wildman–Crippen MR) is 128 cm³/mol. The lowest BCUT2D eigenvalue weighted by molar-refractivity contribution is 0.228. The van der Waals surface area contributed by atoms with E-state index in [-0.39, 0.29) is 5.92 Å². The molecule has 0 N–H and O–H groups in total. The van der Waals surface area contributed by atoms with Crippen LogP contribution in [0.25, 0.3) is 0 Å². The van der Waals surface area contributed by atoms with Crippen molar-refractivity contribution in [3.8, 4) is 5.75 Å². The van der Waals surface area contributed by atoms with Crippen molar-refractivity contribution >= 4 is 6.34 Å². The zero-order chi connectivity index (χ0) is 22.7. The molecule has 1 unspecified atom stereocenters. The molecule has 1 atom stereocenters. The molecule has 1 aliphatic rings. The van der Waals surface area contributed by atoms with E-state index in [1.165, 1.54) is 0 Å². The Bertz CT molecular complexity index is 1180. The molecule has 33 heavy (non-hydrogen) atoms. The molecule has 0 spiro atoms. The lowest BCUT2D eigenvalue weighted by Gasteiger charge is -2.46. The van der Waals surface area contributed by atoms with Gasteiger partial charge in [0.1, 0.15) is 11.3 Å². The maximum Gasteiger partial charge on any atom is 0.233 e. The molecule has 0 saturated heterocycles. The van der Waals surface area contributed by atoms with E-state index >= 15 is 0 Å². The van der Waals surface area contributed by atoms with Crippen LogP contribution in [0.4, 0.5) is 0 Å². The Balaban J connectivity index is 1.72. The van der Waals surface area contributed by atoms with Gasteiger partial charge in [0.15, 0.2) is 5.82 Å². The Morgan fingerprint density at radius 3 is 2.03 bits per heavy atom. The van der Waals surface area contributed by atoms with Crippen molar-refractivity contribution in [2.75, 3.05) is 20.2 Å². The van der Waals surface area contributed by atoms with Crippen LogP contribution < -0.4 is 4.74 Å². The number of benzene rings is 3. The lowest BCUT2D eigenvalue weighted by Crippen LogP contribution is -2.50. The van der Waals surface area contributed by atoms with E-state index in [0.717, 1.165) is 22.4 Å². The van der Waals surface area contributed by atoms with Crippen molar-refractivity contribution in [3.63, 3.8) is 0 Å². The molecule has 0 bridgehead atoms. The van der Waals surface area contributed by atoms with E-state index in [9.17, 15) is 0 Å². The summed E-state index contributed by atoms with van der Waals surface area (Å²) in [6.45, 7) is 3.13. The minimum absolute atomic E-state index is 0.00116. The summed E-state index contributed by atoms with van der Waals surface area (Å²) in [5.74, 6) is 2.08. The molecule has 1 aromatic heterocycles. The molecule has 4 aromatic rings. The van der Waals surface area contributed by atoms with Crippen LogP contribution in [0.3, 0.4) is 0 Å². The van der Waals surface area contributed by atoms with Crippen LogP contribution in [0.1, 0.15) is 34.3 Å². The SMILES string of the molecule is COc1ccc(C(c2ccccc2)(c2ccccc2)N2C=NCC(c3nc(C)no3)C2)cc1. The number of nitrogens with zero attached hydrogens (tertiary/aromatic N) is 4. The molecule has 166 valence electrons. The van der Waals surface area contributed by atoms with Crippen LogP contribution in [-0.2, 0) is 5.54 Å². The van der Waals surface area contributed by atoms with Crippen LogP contribution in [-0.4, -0.2) is 41.6 Å². The van der Waals surface area contributed by atoms with Crippen LogP contribution >= 0.6 is 0 Å². The standard InChI is InChI=1S/C27H26N4O2/c1-20-29-26(33-30-20)21-17-28-19-31(18-21)27(22-9-5-3-6-10-22,23-11-7-4-8-12-23)24-13-15-25(32-2)16-14-24/h3-16,19,21H,17-18H2,1-2H3. The molecule has 3 aromatic carbocycles. The number of methoxy groups -OCH3 is 1. The number of aromatic nitrogens is 2. The Morgan fingerprint density at radius 2 is 1.48 bits per heavy atom. The number of hydrogen-bond donors (Lipinski definition) is 0. The smallest absolute Gasteiger partial charge is 0.233 e. The summed E-state index contributed by atoms with van der Waals surface area (Å²) in [7, 11) is 1.69. The summed E-state index contributed by atoms with van der Waals surface area (Å²) in [5.41, 5.74) is 2.81. The zero-order valence-corrected chi connectivity index (χ0v) is 18.8. The molecule has 0 saturated carbocycles. The van der Waals surface area contributed by atoms with Crippen molar-refractivity contribution in [1.82, 2.24) is 15.0 Å². The summed E-state index contributed by atoms with van der Waals surface area (Å²) in [5, 5.41) is 4.00. The van der Waals surface area contributed by atoms with Gasteiger partial charge in [-0.15, -0.1) is 0 Å². The van der Waals surface area contributed by atoms with E-state index < -0.39 is 5.54 Å². The highest BCUT2D eigenvalue weighted by Crippen LogP contribution is 2.43. The molecule has 6 heteroatoms. The second-order valence-corrected chi connectivity index (χ2v) is 8.18. The van der Waals surface area contributed by atoms with Gasteiger partial charge in [0.05, 0.1) is 25.9 Å². The summed E-state index contributed by atoms with van der Waals surface area (Å²) in [6.07, 6.45) is 1.96. The second-order valence-electron chi connectivity index (χ2n) is 8.18. The highest BCUT2D eigenvalue weighted by atomic mass is 16.5. The Kier molecular flexibility index (Phi) is 5.65. The van der Waals surface area contributed by atoms with E-state index in [4.69, 9.17) is 14.3 Å². The topological polar surface area (TPSA) is 63.8 Å². The fourth-order valence-corrected chi connectivity index (χ4v) is 4.66. The fourth-order valence-electron chi connectivity index (χ4n) is 4.66. The van der Waals surface area contributed by atoms with Crippen molar-refractivity contribution in [3.05, 3.63) is 113 Å². The average molecular weight is 439 g/mol. The number of ether oxygens (including phenoxy) is 1. The van der Waals surface area contributed by atoms with Gasteiger partial charge in [0.25, 0.3) is 0 Å². The Morgan fingerprint density at radius 1 is 0.879 bits per heavy atom. The first kappa shape index (κ1) is 20.9. The van der Waals surface area contributed by atoms with Gasteiger partial charge in [0.2, 0.25) is 5.89 Å².